The van der Waals surface area contributed by atoms with Gasteiger partial charge in [0, 0.05) is 32.5 Å². The number of rotatable bonds is 8. The van der Waals surface area contributed by atoms with E-state index in [1.54, 1.807) is 7.11 Å². The summed E-state index contributed by atoms with van der Waals surface area (Å²) < 4.78 is 4.84. The Kier molecular flexibility index (Phi) is 8.22. The summed E-state index contributed by atoms with van der Waals surface area (Å²) in [6, 6.07) is 0. The first kappa shape index (κ1) is 16.9. The second-order valence-electron chi connectivity index (χ2n) is 5.34. The lowest BCUT2D eigenvalue weighted by Crippen LogP contribution is -2.37. The molecule has 0 aromatic heterocycles. The molecule has 0 aromatic carbocycles. The van der Waals surface area contributed by atoms with E-state index in [4.69, 9.17) is 10.5 Å². The number of carbonyl (C=O) groups excluding carboxylic acids is 2. The highest BCUT2D eigenvalue weighted by atomic mass is 16.5. The van der Waals surface area contributed by atoms with Crippen molar-refractivity contribution in [2.24, 2.45) is 17.6 Å². The van der Waals surface area contributed by atoms with Crippen molar-refractivity contribution in [1.82, 2.24) is 10.6 Å². The number of ether oxygens (including phenoxy) is 1. The average Bonchev–Trinajstić information content (AvgIpc) is 2.47. The van der Waals surface area contributed by atoms with Gasteiger partial charge in [-0.3, -0.25) is 9.59 Å². The highest BCUT2D eigenvalue weighted by Crippen LogP contribution is 2.27. The Hall–Kier alpha value is -1.14. The largest absolute Gasteiger partial charge is 0.383 e. The molecule has 1 aliphatic rings. The molecule has 0 radical (unpaired) electrons. The van der Waals surface area contributed by atoms with E-state index in [1.165, 1.54) is 0 Å². The van der Waals surface area contributed by atoms with E-state index in [-0.39, 0.29) is 17.7 Å². The molecule has 0 atom stereocenters. The van der Waals surface area contributed by atoms with Crippen LogP contribution in [-0.4, -0.2) is 45.2 Å². The summed E-state index contributed by atoms with van der Waals surface area (Å²) in [4.78, 5) is 23.4. The van der Waals surface area contributed by atoms with Gasteiger partial charge in [0.05, 0.1) is 6.61 Å². The molecule has 1 rings (SSSR count). The van der Waals surface area contributed by atoms with Crippen molar-refractivity contribution in [3.8, 4) is 0 Å². The molecule has 2 amide bonds. The maximum absolute atomic E-state index is 11.9. The molecule has 1 saturated carbocycles. The SMILES string of the molecule is COCCNC(=O)CCNC(=O)C1CCC(CN)CC1. The van der Waals surface area contributed by atoms with Crippen LogP contribution in [0.3, 0.4) is 0 Å². The lowest BCUT2D eigenvalue weighted by molar-refractivity contribution is -0.126. The second kappa shape index (κ2) is 9.72. The molecule has 6 nitrogen and oxygen atoms in total. The maximum Gasteiger partial charge on any atom is 0.223 e. The minimum absolute atomic E-state index is 0.0609. The minimum Gasteiger partial charge on any atom is -0.383 e. The van der Waals surface area contributed by atoms with E-state index < -0.39 is 0 Å². The summed E-state index contributed by atoms with van der Waals surface area (Å²) in [6.45, 7) is 2.12. The minimum atomic E-state index is -0.0609. The zero-order chi connectivity index (χ0) is 14.8. The van der Waals surface area contributed by atoms with Gasteiger partial charge in [-0.2, -0.15) is 0 Å². The quantitative estimate of drug-likeness (QED) is 0.548. The summed E-state index contributed by atoms with van der Waals surface area (Å²) in [6.07, 6.45) is 4.20. The van der Waals surface area contributed by atoms with Crippen LogP contribution in [0.2, 0.25) is 0 Å². The lowest BCUT2D eigenvalue weighted by Gasteiger charge is -2.26. The number of hydrogen-bond donors (Lipinski definition) is 3. The van der Waals surface area contributed by atoms with Crippen molar-refractivity contribution in [2.45, 2.75) is 32.1 Å². The van der Waals surface area contributed by atoms with E-state index in [2.05, 4.69) is 10.6 Å². The molecule has 0 aromatic rings. The topological polar surface area (TPSA) is 93.5 Å². The number of hydrogen-bond acceptors (Lipinski definition) is 4. The first-order chi connectivity index (χ1) is 9.67. The molecular formula is C14H27N3O3. The summed E-state index contributed by atoms with van der Waals surface area (Å²) in [5.74, 6) is 0.680. The summed E-state index contributed by atoms with van der Waals surface area (Å²) >= 11 is 0. The molecule has 116 valence electrons. The van der Waals surface area contributed by atoms with Crippen LogP contribution in [0.5, 0.6) is 0 Å². The molecule has 0 heterocycles. The first-order valence-corrected chi connectivity index (χ1v) is 7.40. The smallest absolute Gasteiger partial charge is 0.223 e. The Morgan fingerprint density at radius 1 is 1.15 bits per heavy atom. The van der Waals surface area contributed by atoms with Crippen LogP contribution in [0.15, 0.2) is 0 Å². The number of methoxy groups -OCH3 is 1. The van der Waals surface area contributed by atoms with Crippen LogP contribution in [0, 0.1) is 11.8 Å². The van der Waals surface area contributed by atoms with Gasteiger partial charge in [0.2, 0.25) is 11.8 Å². The molecule has 0 spiro atoms. The van der Waals surface area contributed by atoms with Crippen LogP contribution in [-0.2, 0) is 14.3 Å². The van der Waals surface area contributed by atoms with Crippen LogP contribution in [0.25, 0.3) is 0 Å². The molecule has 0 saturated heterocycles. The third kappa shape index (κ3) is 6.34. The molecular weight excluding hydrogens is 258 g/mol. The number of nitrogens with one attached hydrogen (secondary N) is 2. The van der Waals surface area contributed by atoms with Crippen LogP contribution in [0.4, 0.5) is 0 Å². The second-order valence-corrected chi connectivity index (χ2v) is 5.34. The van der Waals surface area contributed by atoms with Gasteiger partial charge in [0.1, 0.15) is 0 Å². The molecule has 0 unspecified atom stereocenters. The van der Waals surface area contributed by atoms with Crippen molar-refractivity contribution in [3.63, 3.8) is 0 Å². The number of amides is 2. The Morgan fingerprint density at radius 2 is 1.85 bits per heavy atom. The number of nitrogens with two attached hydrogens (primary N) is 1. The van der Waals surface area contributed by atoms with E-state index in [0.717, 1.165) is 32.2 Å². The predicted molar refractivity (Wildman–Crippen MR) is 77.0 cm³/mol. The van der Waals surface area contributed by atoms with Crippen molar-refractivity contribution in [3.05, 3.63) is 0 Å². The van der Waals surface area contributed by atoms with Crippen LogP contribution >= 0.6 is 0 Å². The standard InChI is InChI=1S/C14H27N3O3/c1-20-9-8-16-13(18)6-7-17-14(19)12-4-2-11(10-15)3-5-12/h11-12H,2-10,15H2,1H3,(H,16,18)(H,17,19). The zero-order valence-electron chi connectivity index (χ0n) is 12.3. The van der Waals surface area contributed by atoms with Crippen LogP contribution in [0.1, 0.15) is 32.1 Å². The Bertz CT molecular complexity index is 302. The van der Waals surface area contributed by atoms with Gasteiger partial charge in [-0.1, -0.05) is 0 Å². The van der Waals surface area contributed by atoms with Gasteiger partial charge in [-0.05, 0) is 38.1 Å². The fourth-order valence-electron chi connectivity index (χ4n) is 2.48. The van der Waals surface area contributed by atoms with Gasteiger partial charge in [0.15, 0.2) is 0 Å². The van der Waals surface area contributed by atoms with E-state index in [0.29, 0.717) is 32.0 Å². The third-order valence-electron chi connectivity index (χ3n) is 3.83. The van der Waals surface area contributed by atoms with Gasteiger partial charge >= 0.3 is 0 Å². The molecule has 4 N–H and O–H groups in total. The summed E-state index contributed by atoms with van der Waals surface area (Å²) in [5, 5.41) is 5.57. The normalized spacial score (nSPS) is 22.3. The van der Waals surface area contributed by atoms with Crippen molar-refractivity contribution in [2.75, 3.05) is 33.4 Å². The molecule has 20 heavy (non-hydrogen) atoms. The van der Waals surface area contributed by atoms with Crippen molar-refractivity contribution in [1.29, 1.82) is 0 Å². The van der Waals surface area contributed by atoms with Gasteiger partial charge < -0.3 is 21.1 Å². The molecule has 6 heteroatoms. The Labute approximate surface area is 120 Å². The van der Waals surface area contributed by atoms with Crippen molar-refractivity contribution >= 4 is 11.8 Å². The lowest BCUT2D eigenvalue weighted by atomic mass is 9.81. The Balaban J connectivity index is 2.09. The van der Waals surface area contributed by atoms with E-state index in [9.17, 15) is 9.59 Å². The van der Waals surface area contributed by atoms with Crippen LogP contribution < -0.4 is 16.4 Å². The highest BCUT2D eigenvalue weighted by molar-refractivity contribution is 5.80. The fourth-order valence-corrected chi connectivity index (χ4v) is 2.48. The highest BCUT2D eigenvalue weighted by Gasteiger charge is 2.25. The van der Waals surface area contributed by atoms with Gasteiger partial charge in [-0.15, -0.1) is 0 Å². The molecule has 0 aliphatic heterocycles. The fraction of sp³-hybridized carbons (Fsp3) is 0.857. The van der Waals surface area contributed by atoms with E-state index in [1.807, 2.05) is 0 Å². The monoisotopic (exact) mass is 285 g/mol. The summed E-state index contributed by atoms with van der Waals surface area (Å²) in [7, 11) is 1.59. The Morgan fingerprint density at radius 3 is 2.45 bits per heavy atom. The first-order valence-electron chi connectivity index (χ1n) is 7.40. The average molecular weight is 285 g/mol. The van der Waals surface area contributed by atoms with Crippen molar-refractivity contribution < 1.29 is 14.3 Å². The van der Waals surface area contributed by atoms with Gasteiger partial charge in [0.25, 0.3) is 0 Å². The predicted octanol–water partition coefficient (Wildman–Crippen LogP) is 0.0204. The molecule has 1 aliphatic carbocycles. The third-order valence-corrected chi connectivity index (χ3v) is 3.83. The molecule has 0 bridgehead atoms. The van der Waals surface area contributed by atoms with E-state index >= 15 is 0 Å². The maximum atomic E-state index is 11.9. The summed E-state index contributed by atoms with van der Waals surface area (Å²) in [5.41, 5.74) is 5.63. The zero-order valence-corrected chi connectivity index (χ0v) is 12.3. The van der Waals surface area contributed by atoms with Gasteiger partial charge in [-0.25, -0.2) is 0 Å². The molecule has 1 fully saturated rings. The number of carbonyl (C=O) groups is 2.